The molecule has 0 amide bonds. The van der Waals surface area contributed by atoms with Gasteiger partial charge in [-0.05, 0) is 24.7 Å². The van der Waals surface area contributed by atoms with Crippen LogP contribution in [0.5, 0.6) is 0 Å². The molecule has 1 rings (SSSR count). The molecule has 0 heterocycles. The van der Waals surface area contributed by atoms with E-state index in [1.165, 1.54) is 0 Å². The van der Waals surface area contributed by atoms with Crippen molar-refractivity contribution in [2.24, 2.45) is 16.9 Å². The van der Waals surface area contributed by atoms with Crippen molar-refractivity contribution in [3.63, 3.8) is 0 Å². The maximum absolute atomic E-state index is 5.82. The summed E-state index contributed by atoms with van der Waals surface area (Å²) in [5, 5.41) is 0. The Hall–Kier alpha value is -0.0800. The molecule has 2 nitrogen and oxygen atoms in total. The SMILES string of the molecule is CC1(C)CC(N)CC(N)C1. The highest BCUT2D eigenvalue weighted by Crippen LogP contribution is 2.33. The predicted octanol–water partition coefficient (Wildman–Crippen LogP) is 0.851. The molecule has 2 heteroatoms. The maximum Gasteiger partial charge on any atom is 0.00586 e. The fourth-order valence-electron chi connectivity index (χ4n) is 2.06. The van der Waals surface area contributed by atoms with Crippen LogP contribution in [0.15, 0.2) is 0 Å². The molecule has 1 saturated carbocycles. The molecule has 0 spiro atoms. The van der Waals surface area contributed by atoms with E-state index in [1.54, 1.807) is 0 Å². The molecule has 1 aliphatic rings. The Labute approximate surface area is 63.0 Å². The lowest BCUT2D eigenvalue weighted by atomic mass is 9.73. The highest BCUT2D eigenvalue weighted by molar-refractivity contribution is 4.87. The second-order valence-electron chi connectivity index (χ2n) is 4.33. The van der Waals surface area contributed by atoms with Crippen LogP contribution in [-0.2, 0) is 0 Å². The zero-order valence-electron chi connectivity index (χ0n) is 6.93. The van der Waals surface area contributed by atoms with Gasteiger partial charge < -0.3 is 11.5 Å². The highest BCUT2D eigenvalue weighted by atomic mass is 14.7. The summed E-state index contributed by atoms with van der Waals surface area (Å²) in [6.45, 7) is 4.48. The minimum absolute atomic E-state index is 0.332. The van der Waals surface area contributed by atoms with Crippen molar-refractivity contribution in [3.05, 3.63) is 0 Å². The van der Waals surface area contributed by atoms with Gasteiger partial charge in [0.15, 0.2) is 0 Å². The summed E-state index contributed by atoms with van der Waals surface area (Å²) in [5.74, 6) is 0. The van der Waals surface area contributed by atoms with Gasteiger partial charge in [0.1, 0.15) is 0 Å². The molecule has 0 aliphatic heterocycles. The lowest BCUT2D eigenvalue weighted by Gasteiger charge is -2.37. The molecule has 1 aliphatic carbocycles. The largest absolute Gasteiger partial charge is 0.328 e. The van der Waals surface area contributed by atoms with Gasteiger partial charge in [-0.1, -0.05) is 13.8 Å². The Morgan fingerprint density at radius 3 is 1.80 bits per heavy atom. The average molecular weight is 142 g/mol. The molecule has 0 aromatic rings. The summed E-state index contributed by atoms with van der Waals surface area (Å²) in [7, 11) is 0. The van der Waals surface area contributed by atoms with Crippen LogP contribution < -0.4 is 11.5 Å². The van der Waals surface area contributed by atoms with E-state index in [2.05, 4.69) is 13.8 Å². The van der Waals surface area contributed by atoms with E-state index >= 15 is 0 Å². The first kappa shape index (κ1) is 8.02. The number of nitrogens with two attached hydrogens (primary N) is 2. The Bertz CT molecular complexity index is 108. The molecule has 10 heavy (non-hydrogen) atoms. The molecule has 2 atom stereocenters. The molecule has 0 radical (unpaired) electrons. The number of hydrogen-bond donors (Lipinski definition) is 2. The molecular weight excluding hydrogens is 124 g/mol. The van der Waals surface area contributed by atoms with Crippen LogP contribution in [0.25, 0.3) is 0 Å². The monoisotopic (exact) mass is 142 g/mol. The maximum atomic E-state index is 5.82. The van der Waals surface area contributed by atoms with Crippen molar-refractivity contribution >= 4 is 0 Å². The Morgan fingerprint density at radius 1 is 1.10 bits per heavy atom. The van der Waals surface area contributed by atoms with Gasteiger partial charge in [-0.25, -0.2) is 0 Å². The smallest absolute Gasteiger partial charge is 0.00586 e. The molecule has 2 unspecified atom stereocenters. The standard InChI is InChI=1S/C8H18N2/c1-8(2)4-6(9)3-7(10)5-8/h6-7H,3-5,9-10H2,1-2H3. The average Bonchev–Trinajstić information content (AvgIpc) is 1.54. The van der Waals surface area contributed by atoms with Crippen molar-refractivity contribution in [1.29, 1.82) is 0 Å². The first-order valence-corrected chi connectivity index (χ1v) is 4.01. The Morgan fingerprint density at radius 2 is 1.50 bits per heavy atom. The van der Waals surface area contributed by atoms with E-state index in [0.29, 0.717) is 17.5 Å². The zero-order valence-corrected chi connectivity index (χ0v) is 6.93. The highest BCUT2D eigenvalue weighted by Gasteiger charge is 2.30. The zero-order chi connectivity index (χ0) is 7.78. The topological polar surface area (TPSA) is 52.0 Å². The van der Waals surface area contributed by atoms with Crippen LogP contribution in [0, 0.1) is 5.41 Å². The molecule has 0 aromatic heterocycles. The van der Waals surface area contributed by atoms with Gasteiger partial charge in [-0.2, -0.15) is 0 Å². The van der Waals surface area contributed by atoms with Crippen LogP contribution >= 0.6 is 0 Å². The number of rotatable bonds is 0. The Kier molecular flexibility index (Phi) is 2.02. The van der Waals surface area contributed by atoms with E-state index in [4.69, 9.17) is 11.5 Å². The van der Waals surface area contributed by atoms with E-state index in [9.17, 15) is 0 Å². The van der Waals surface area contributed by atoms with Crippen molar-refractivity contribution < 1.29 is 0 Å². The normalized spacial score (nSPS) is 39.6. The van der Waals surface area contributed by atoms with Gasteiger partial charge in [0.2, 0.25) is 0 Å². The van der Waals surface area contributed by atoms with E-state index in [1.807, 2.05) is 0 Å². The van der Waals surface area contributed by atoms with E-state index in [0.717, 1.165) is 19.3 Å². The van der Waals surface area contributed by atoms with Gasteiger partial charge in [-0.15, -0.1) is 0 Å². The van der Waals surface area contributed by atoms with Gasteiger partial charge in [0.25, 0.3) is 0 Å². The second-order valence-corrected chi connectivity index (χ2v) is 4.33. The summed E-state index contributed by atoms with van der Waals surface area (Å²) in [6.07, 6.45) is 3.25. The third-order valence-electron chi connectivity index (χ3n) is 2.24. The first-order chi connectivity index (χ1) is 4.49. The van der Waals surface area contributed by atoms with Crippen LogP contribution in [0.2, 0.25) is 0 Å². The van der Waals surface area contributed by atoms with Gasteiger partial charge >= 0.3 is 0 Å². The summed E-state index contributed by atoms with van der Waals surface area (Å²) >= 11 is 0. The number of hydrogen-bond acceptors (Lipinski definition) is 2. The second kappa shape index (κ2) is 2.51. The predicted molar refractivity (Wildman–Crippen MR) is 43.6 cm³/mol. The lowest BCUT2D eigenvalue weighted by molar-refractivity contribution is 0.198. The van der Waals surface area contributed by atoms with E-state index in [-0.39, 0.29) is 0 Å². The van der Waals surface area contributed by atoms with Crippen LogP contribution in [-0.4, -0.2) is 12.1 Å². The van der Waals surface area contributed by atoms with E-state index < -0.39 is 0 Å². The summed E-state index contributed by atoms with van der Waals surface area (Å²) in [4.78, 5) is 0. The molecule has 4 N–H and O–H groups in total. The third-order valence-corrected chi connectivity index (χ3v) is 2.24. The summed E-state index contributed by atoms with van der Waals surface area (Å²) < 4.78 is 0. The van der Waals surface area contributed by atoms with Crippen LogP contribution in [0.4, 0.5) is 0 Å². The molecule has 0 saturated heterocycles. The molecular formula is C8H18N2. The molecule has 1 fully saturated rings. The van der Waals surface area contributed by atoms with Crippen molar-refractivity contribution in [2.75, 3.05) is 0 Å². The van der Waals surface area contributed by atoms with Gasteiger partial charge in [0.05, 0.1) is 0 Å². The fourth-order valence-corrected chi connectivity index (χ4v) is 2.06. The summed E-state index contributed by atoms with van der Waals surface area (Å²) in [6, 6.07) is 0.664. The molecule has 0 bridgehead atoms. The quantitative estimate of drug-likeness (QED) is 0.527. The molecule has 60 valence electrons. The van der Waals surface area contributed by atoms with Crippen molar-refractivity contribution in [3.8, 4) is 0 Å². The van der Waals surface area contributed by atoms with Crippen molar-refractivity contribution in [2.45, 2.75) is 45.2 Å². The van der Waals surface area contributed by atoms with Gasteiger partial charge in [-0.3, -0.25) is 0 Å². The third kappa shape index (κ3) is 1.96. The van der Waals surface area contributed by atoms with Crippen molar-refractivity contribution in [1.82, 2.24) is 0 Å². The van der Waals surface area contributed by atoms with Crippen LogP contribution in [0.3, 0.4) is 0 Å². The van der Waals surface area contributed by atoms with Gasteiger partial charge in [0, 0.05) is 12.1 Å². The summed E-state index contributed by atoms with van der Waals surface area (Å²) in [5.41, 5.74) is 12.0. The van der Waals surface area contributed by atoms with Crippen LogP contribution in [0.1, 0.15) is 33.1 Å². The fraction of sp³-hybridized carbons (Fsp3) is 1.00. The molecule has 0 aromatic carbocycles. The Balaban J connectivity index is 2.51. The minimum Gasteiger partial charge on any atom is -0.328 e. The minimum atomic E-state index is 0.332. The lowest BCUT2D eigenvalue weighted by Crippen LogP contribution is -2.43. The first-order valence-electron chi connectivity index (χ1n) is 4.01.